The minimum absolute atomic E-state index is 0.0724. The maximum absolute atomic E-state index is 11.4. The van der Waals surface area contributed by atoms with Gasteiger partial charge >= 0.3 is 5.97 Å². The van der Waals surface area contributed by atoms with E-state index in [1.165, 1.54) is 7.11 Å². The summed E-state index contributed by atoms with van der Waals surface area (Å²) in [5.74, 6) is 0.537. The van der Waals surface area contributed by atoms with Crippen molar-refractivity contribution >= 4 is 11.9 Å². The predicted molar refractivity (Wildman–Crippen MR) is 69.0 cm³/mol. The number of nitrogens with one attached hydrogen (secondary N) is 1. The number of carbonyl (C=O) groups is 2. The van der Waals surface area contributed by atoms with E-state index < -0.39 is 0 Å². The fourth-order valence-corrected chi connectivity index (χ4v) is 2.04. The molecule has 5 nitrogen and oxygen atoms in total. The molecule has 0 aromatic heterocycles. The lowest BCUT2D eigenvalue weighted by atomic mass is 9.99. The first-order chi connectivity index (χ1) is 9.19. The molecule has 1 aliphatic rings. The second-order valence-corrected chi connectivity index (χ2v) is 4.54. The van der Waals surface area contributed by atoms with Gasteiger partial charge in [0.2, 0.25) is 5.91 Å². The number of amides is 1. The van der Waals surface area contributed by atoms with Gasteiger partial charge in [0.1, 0.15) is 5.75 Å². The highest BCUT2D eigenvalue weighted by Crippen LogP contribution is 2.18. The fourth-order valence-electron chi connectivity index (χ4n) is 2.04. The maximum atomic E-state index is 11.4. The van der Waals surface area contributed by atoms with Crippen LogP contribution in [0.5, 0.6) is 5.75 Å². The first-order valence-electron chi connectivity index (χ1n) is 6.27. The molecule has 1 aromatic rings. The molecular formula is C14H17NO4. The average molecular weight is 263 g/mol. The van der Waals surface area contributed by atoms with Gasteiger partial charge in [-0.2, -0.15) is 0 Å². The smallest absolute Gasteiger partial charge is 0.337 e. The molecule has 1 heterocycles. The van der Waals surface area contributed by atoms with Crippen molar-refractivity contribution in [2.75, 3.05) is 20.3 Å². The number of rotatable bonds is 4. The summed E-state index contributed by atoms with van der Waals surface area (Å²) in [5, 5.41) is 2.79. The highest BCUT2D eigenvalue weighted by Gasteiger charge is 2.19. The Bertz CT molecular complexity index is 472. The lowest BCUT2D eigenvalue weighted by Crippen LogP contribution is -2.35. The number of carbonyl (C=O) groups excluding carboxylic acids is 2. The standard InChI is InChI=1S/C14H17NO4/c1-18-14(17)11-3-2-4-12(8-11)19-9-10-5-6-15-13(16)7-10/h2-4,8,10H,5-7,9H2,1H3,(H,15,16). The lowest BCUT2D eigenvalue weighted by molar-refractivity contribution is -0.123. The van der Waals surface area contributed by atoms with Crippen LogP contribution < -0.4 is 10.1 Å². The molecule has 1 fully saturated rings. The lowest BCUT2D eigenvalue weighted by Gasteiger charge is -2.22. The second kappa shape index (κ2) is 6.22. The monoisotopic (exact) mass is 263 g/mol. The van der Waals surface area contributed by atoms with Gasteiger partial charge in [0.05, 0.1) is 19.3 Å². The minimum Gasteiger partial charge on any atom is -0.493 e. The van der Waals surface area contributed by atoms with Crippen LogP contribution in [0.2, 0.25) is 0 Å². The summed E-state index contributed by atoms with van der Waals surface area (Å²) < 4.78 is 10.3. The Balaban J connectivity index is 1.92. The van der Waals surface area contributed by atoms with Gasteiger partial charge in [0, 0.05) is 18.9 Å². The van der Waals surface area contributed by atoms with Crippen molar-refractivity contribution in [2.24, 2.45) is 5.92 Å². The van der Waals surface area contributed by atoms with Gasteiger partial charge in [-0.05, 0) is 24.6 Å². The van der Waals surface area contributed by atoms with Crippen molar-refractivity contribution in [1.82, 2.24) is 5.32 Å². The van der Waals surface area contributed by atoms with Crippen LogP contribution in [0.25, 0.3) is 0 Å². The van der Waals surface area contributed by atoms with Crippen LogP contribution in [0.4, 0.5) is 0 Å². The first kappa shape index (κ1) is 13.4. The molecule has 1 atom stereocenters. The molecule has 1 N–H and O–H groups in total. The zero-order valence-electron chi connectivity index (χ0n) is 10.8. The molecule has 0 aliphatic carbocycles. The molecule has 1 saturated heterocycles. The molecule has 1 aliphatic heterocycles. The largest absolute Gasteiger partial charge is 0.493 e. The zero-order valence-corrected chi connectivity index (χ0v) is 10.8. The first-order valence-corrected chi connectivity index (χ1v) is 6.27. The highest BCUT2D eigenvalue weighted by molar-refractivity contribution is 5.89. The van der Waals surface area contributed by atoms with E-state index in [0.717, 1.165) is 6.42 Å². The van der Waals surface area contributed by atoms with Crippen LogP contribution in [-0.4, -0.2) is 32.1 Å². The van der Waals surface area contributed by atoms with E-state index in [1.54, 1.807) is 24.3 Å². The average Bonchev–Trinajstić information content (AvgIpc) is 2.45. The van der Waals surface area contributed by atoms with E-state index in [9.17, 15) is 9.59 Å². The second-order valence-electron chi connectivity index (χ2n) is 4.54. The van der Waals surface area contributed by atoms with Crippen LogP contribution in [0.3, 0.4) is 0 Å². The molecule has 1 unspecified atom stereocenters. The third-order valence-electron chi connectivity index (χ3n) is 3.09. The number of benzene rings is 1. The van der Waals surface area contributed by atoms with Crippen LogP contribution in [0.15, 0.2) is 24.3 Å². The molecule has 0 saturated carbocycles. The highest BCUT2D eigenvalue weighted by atomic mass is 16.5. The van der Waals surface area contributed by atoms with Gasteiger partial charge in [0.25, 0.3) is 0 Å². The topological polar surface area (TPSA) is 64.6 Å². The number of hydrogen-bond donors (Lipinski definition) is 1. The molecule has 5 heteroatoms. The molecule has 0 spiro atoms. The van der Waals surface area contributed by atoms with Gasteiger partial charge in [-0.1, -0.05) is 6.07 Å². The van der Waals surface area contributed by atoms with Crippen LogP contribution >= 0.6 is 0 Å². The van der Waals surface area contributed by atoms with Gasteiger partial charge in [-0.3, -0.25) is 4.79 Å². The molecular weight excluding hydrogens is 246 g/mol. The van der Waals surface area contributed by atoms with Gasteiger partial charge in [-0.15, -0.1) is 0 Å². The van der Waals surface area contributed by atoms with Crippen molar-refractivity contribution in [3.8, 4) is 5.75 Å². The summed E-state index contributed by atoms with van der Waals surface area (Å²) in [6, 6.07) is 6.85. The Kier molecular flexibility index (Phi) is 4.39. The van der Waals surface area contributed by atoms with E-state index in [1.807, 2.05) is 0 Å². The van der Waals surface area contributed by atoms with Crippen LogP contribution in [0, 0.1) is 5.92 Å². The van der Waals surface area contributed by atoms with Gasteiger partial charge in [-0.25, -0.2) is 4.79 Å². The Morgan fingerprint density at radius 3 is 3.05 bits per heavy atom. The molecule has 102 valence electrons. The van der Waals surface area contributed by atoms with Crippen molar-refractivity contribution in [3.05, 3.63) is 29.8 Å². The fraction of sp³-hybridized carbons (Fsp3) is 0.429. The van der Waals surface area contributed by atoms with E-state index in [4.69, 9.17) is 4.74 Å². The van der Waals surface area contributed by atoms with Crippen molar-refractivity contribution in [1.29, 1.82) is 0 Å². The Morgan fingerprint density at radius 1 is 1.47 bits per heavy atom. The summed E-state index contributed by atoms with van der Waals surface area (Å²) in [5.41, 5.74) is 0.460. The van der Waals surface area contributed by atoms with Crippen molar-refractivity contribution in [3.63, 3.8) is 0 Å². The normalized spacial score (nSPS) is 18.6. The number of piperidine rings is 1. The summed E-state index contributed by atoms with van der Waals surface area (Å²) in [7, 11) is 1.34. The Labute approximate surface area is 111 Å². The number of methoxy groups -OCH3 is 1. The van der Waals surface area contributed by atoms with Crippen LogP contribution in [0.1, 0.15) is 23.2 Å². The molecule has 1 amide bonds. The van der Waals surface area contributed by atoms with Gasteiger partial charge in [0.15, 0.2) is 0 Å². The molecule has 19 heavy (non-hydrogen) atoms. The quantitative estimate of drug-likeness (QED) is 0.833. The maximum Gasteiger partial charge on any atom is 0.337 e. The van der Waals surface area contributed by atoms with E-state index >= 15 is 0 Å². The summed E-state index contributed by atoms with van der Waals surface area (Å²) in [6.45, 7) is 1.19. The summed E-state index contributed by atoms with van der Waals surface area (Å²) in [4.78, 5) is 22.6. The van der Waals surface area contributed by atoms with Crippen molar-refractivity contribution < 1.29 is 19.1 Å². The Hall–Kier alpha value is -2.04. The van der Waals surface area contributed by atoms with E-state index in [0.29, 0.717) is 30.9 Å². The molecule has 0 radical (unpaired) electrons. The predicted octanol–water partition coefficient (Wildman–Crippen LogP) is 1.38. The molecule has 0 bridgehead atoms. The third kappa shape index (κ3) is 3.71. The SMILES string of the molecule is COC(=O)c1cccc(OCC2CCNC(=O)C2)c1. The zero-order chi connectivity index (χ0) is 13.7. The number of hydrogen-bond acceptors (Lipinski definition) is 4. The van der Waals surface area contributed by atoms with E-state index in [-0.39, 0.29) is 17.8 Å². The number of esters is 1. The molecule has 1 aromatic carbocycles. The van der Waals surface area contributed by atoms with E-state index in [2.05, 4.69) is 10.1 Å². The minimum atomic E-state index is -0.387. The van der Waals surface area contributed by atoms with Crippen molar-refractivity contribution in [2.45, 2.75) is 12.8 Å². The Morgan fingerprint density at radius 2 is 2.32 bits per heavy atom. The third-order valence-corrected chi connectivity index (χ3v) is 3.09. The summed E-state index contributed by atoms with van der Waals surface area (Å²) >= 11 is 0. The summed E-state index contributed by atoms with van der Waals surface area (Å²) in [6.07, 6.45) is 1.42. The van der Waals surface area contributed by atoms with Crippen LogP contribution in [-0.2, 0) is 9.53 Å². The van der Waals surface area contributed by atoms with Gasteiger partial charge < -0.3 is 14.8 Å². The number of ether oxygens (including phenoxy) is 2. The molecule has 2 rings (SSSR count).